The maximum absolute atomic E-state index is 8.90. The Balaban J connectivity index is 1.74. The van der Waals surface area contributed by atoms with Crippen LogP contribution in [0.1, 0.15) is 18.7 Å². The molecule has 1 N–H and O–H groups in total. The summed E-state index contributed by atoms with van der Waals surface area (Å²) >= 11 is 0. The van der Waals surface area contributed by atoms with E-state index in [1.165, 1.54) is 13.0 Å². The van der Waals surface area contributed by atoms with Gasteiger partial charge in [0, 0.05) is 45.6 Å². The average molecular weight is 223 g/mol. The van der Waals surface area contributed by atoms with Crippen molar-refractivity contribution < 1.29 is 5.11 Å². The first kappa shape index (κ1) is 11.6. The van der Waals surface area contributed by atoms with Gasteiger partial charge in [-0.3, -0.25) is 0 Å². The molecule has 0 aromatic carbocycles. The van der Waals surface area contributed by atoms with Crippen LogP contribution in [-0.2, 0) is 13.5 Å². The van der Waals surface area contributed by atoms with E-state index in [9.17, 15) is 0 Å². The number of imidazole rings is 1. The first-order valence-electron chi connectivity index (χ1n) is 6.09. The Morgan fingerprint density at radius 1 is 1.56 bits per heavy atom. The molecule has 0 aliphatic carbocycles. The summed E-state index contributed by atoms with van der Waals surface area (Å²) in [7, 11) is 2.04. The standard InChI is InChI=1S/C12H21N3O/c1-14-8-5-13-12(14)3-7-15-6-2-11(10-15)4-9-16/h5,8,11,16H,2-4,6-7,9-10H2,1H3. The van der Waals surface area contributed by atoms with E-state index in [1.807, 2.05) is 19.4 Å². The molecule has 2 rings (SSSR count). The Morgan fingerprint density at radius 2 is 2.44 bits per heavy atom. The largest absolute Gasteiger partial charge is 0.396 e. The number of rotatable bonds is 5. The van der Waals surface area contributed by atoms with E-state index in [-0.39, 0.29) is 0 Å². The predicted molar refractivity (Wildman–Crippen MR) is 63.2 cm³/mol. The minimum atomic E-state index is 0.331. The second-order valence-corrected chi connectivity index (χ2v) is 4.67. The maximum atomic E-state index is 8.90. The number of aryl methyl sites for hydroxylation is 1. The lowest BCUT2D eigenvalue weighted by atomic mass is 10.1. The van der Waals surface area contributed by atoms with Gasteiger partial charge in [0.05, 0.1) is 0 Å². The number of hydrogen-bond acceptors (Lipinski definition) is 3. The summed E-state index contributed by atoms with van der Waals surface area (Å²) in [6, 6.07) is 0. The average Bonchev–Trinajstić information content (AvgIpc) is 2.86. The van der Waals surface area contributed by atoms with E-state index in [4.69, 9.17) is 5.11 Å². The molecule has 1 aromatic heterocycles. The quantitative estimate of drug-likeness (QED) is 0.797. The van der Waals surface area contributed by atoms with Gasteiger partial charge in [-0.25, -0.2) is 4.98 Å². The molecule has 4 heteroatoms. The smallest absolute Gasteiger partial charge is 0.109 e. The molecule has 1 aliphatic heterocycles. The SMILES string of the molecule is Cn1ccnc1CCN1CCC(CCO)C1. The zero-order valence-corrected chi connectivity index (χ0v) is 9.97. The van der Waals surface area contributed by atoms with Gasteiger partial charge in [-0.1, -0.05) is 0 Å². The fraction of sp³-hybridized carbons (Fsp3) is 0.750. The molecule has 1 saturated heterocycles. The molecule has 1 fully saturated rings. The van der Waals surface area contributed by atoms with E-state index in [0.717, 1.165) is 31.8 Å². The molecule has 1 aliphatic rings. The van der Waals surface area contributed by atoms with Crippen molar-refractivity contribution in [3.8, 4) is 0 Å². The van der Waals surface area contributed by atoms with Gasteiger partial charge in [-0.05, 0) is 25.3 Å². The van der Waals surface area contributed by atoms with Crippen molar-refractivity contribution in [2.75, 3.05) is 26.2 Å². The maximum Gasteiger partial charge on any atom is 0.109 e. The molecule has 4 nitrogen and oxygen atoms in total. The fourth-order valence-electron chi connectivity index (χ4n) is 2.43. The summed E-state index contributed by atoms with van der Waals surface area (Å²) in [5.74, 6) is 1.86. The van der Waals surface area contributed by atoms with Gasteiger partial charge in [0.2, 0.25) is 0 Å². The number of aliphatic hydroxyl groups is 1. The molecule has 0 amide bonds. The van der Waals surface area contributed by atoms with Gasteiger partial charge in [0.25, 0.3) is 0 Å². The van der Waals surface area contributed by atoms with Crippen LogP contribution in [0.4, 0.5) is 0 Å². The zero-order chi connectivity index (χ0) is 11.4. The number of aromatic nitrogens is 2. The van der Waals surface area contributed by atoms with E-state index in [0.29, 0.717) is 12.5 Å². The van der Waals surface area contributed by atoms with Crippen LogP contribution in [0.2, 0.25) is 0 Å². The Kier molecular flexibility index (Phi) is 3.96. The molecular formula is C12H21N3O. The molecule has 90 valence electrons. The normalized spacial score (nSPS) is 21.8. The van der Waals surface area contributed by atoms with Crippen molar-refractivity contribution in [3.05, 3.63) is 18.2 Å². The number of aliphatic hydroxyl groups excluding tert-OH is 1. The molecule has 0 saturated carbocycles. The third-order valence-corrected chi connectivity index (χ3v) is 3.48. The van der Waals surface area contributed by atoms with Crippen molar-refractivity contribution >= 4 is 0 Å². The van der Waals surface area contributed by atoms with Crippen molar-refractivity contribution in [1.29, 1.82) is 0 Å². The van der Waals surface area contributed by atoms with Crippen molar-refractivity contribution in [3.63, 3.8) is 0 Å². The van der Waals surface area contributed by atoms with E-state index in [1.54, 1.807) is 0 Å². The highest BCUT2D eigenvalue weighted by atomic mass is 16.3. The Bertz CT molecular complexity index is 324. The second-order valence-electron chi connectivity index (χ2n) is 4.67. The highest BCUT2D eigenvalue weighted by Gasteiger charge is 2.21. The first-order chi connectivity index (χ1) is 7.79. The van der Waals surface area contributed by atoms with Crippen molar-refractivity contribution in [1.82, 2.24) is 14.5 Å². The molecule has 1 aromatic rings. The number of nitrogens with zero attached hydrogens (tertiary/aromatic N) is 3. The topological polar surface area (TPSA) is 41.3 Å². The van der Waals surface area contributed by atoms with Gasteiger partial charge in [-0.15, -0.1) is 0 Å². The van der Waals surface area contributed by atoms with E-state index in [2.05, 4.69) is 14.5 Å². The van der Waals surface area contributed by atoms with Gasteiger partial charge in [0.15, 0.2) is 0 Å². The minimum absolute atomic E-state index is 0.331. The molecule has 1 unspecified atom stereocenters. The van der Waals surface area contributed by atoms with Crippen LogP contribution in [0.5, 0.6) is 0 Å². The minimum Gasteiger partial charge on any atom is -0.396 e. The lowest BCUT2D eigenvalue weighted by Crippen LogP contribution is -2.24. The molecule has 0 bridgehead atoms. The Hall–Kier alpha value is -0.870. The Labute approximate surface area is 96.9 Å². The van der Waals surface area contributed by atoms with Crippen LogP contribution >= 0.6 is 0 Å². The van der Waals surface area contributed by atoms with Crippen LogP contribution in [0.3, 0.4) is 0 Å². The molecular weight excluding hydrogens is 202 g/mol. The van der Waals surface area contributed by atoms with Gasteiger partial charge >= 0.3 is 0 Å². The highest BCUT2D eigenvalue weighted by Crippen LogP contribution is 2.19. The Morgan fingerprint density at radius 3 is 3.12 bits per heavy atom. The highest BCUT2D eigenvalue weighted by molar-refractivity contribution is 4.92. The monoisotopic (exact) mass is 223 g/mol. The summed E-state index contributed by atoms with van der Waals surface area (Å²) in [6.07, 6.45) is 7.07. The van der Waals surface area contributed by atoms with E-state index >= 15 is 0 Å². The summed E-state index contributed by atoms with van der Waals surface area (Å²) < 4.78 is 2.08. The summed E-state index contributed by atoms with van der Waals surface area (Å²) in [5, 5.41) is 8.90. The number of likely N-dealkylation sites (tertiary alicyclic amines) is 1. The number of hydrogen-bond donors (Lipinski definition) is 1. The lowest BCUT2D eigenvalue weighted by molar-refractivity contribution is 0.251. The van der Waals surface area contributed by atoms with Crippen LogP contribution in [0.15, 0.2) is 12.4 Å². The molecule has 2 heterocycles. The summed E-state index contributed by atoms with van der Waals surface area (Å²) in [4.78, 5) is 6.81. The van der Waals surface area contributed by atoms with Crippen molar-refractivity contribution in [2.45, 2.75) is 19.3 Å². The molecule has 0 spiro atoms. The van der Waals surface area contributed by atoms with Crippen LogP contribution in [0, 0.1) is 5.92 Å². The van der Waals surface area contributed by atoms with Gasteiger partial charge in [0.1, 0.15) is 5.82 Å². The lowest BCUT2D eigenvalue weighted by Gasteiger charge is -2.15. The van der Waals surface area contributed by atoms with Crippen LogP contribution in [0.25, 0.3) is 0 Å². The van der Waals surface area contributed by atoms with Crippen LogP contribution < -0.4 is 0 Å². The first-order valence-corrected chi connectivity index (χ1v) is 6.09. The molecule has 16 heavy (non-hydrogen) atoms. The van der Waals surface area contributed by atoms with Gasteiger partial charge < -0.3 is 14.6 Å². The van der Waals surface area contributed by atoms with Gasteiger partial charge in [-0.2, -0.15) is 0 Å². The molecule has 0 radical (unpaired) electrons. The zero-order valence-electron chi connectivity index (χ0n) is 9.97. The third-order valence-electron chi connectivity index (χ3n) is 3.48. The third kappa shape index (κ3) is 2.83. The van der Waals surface area contributed by atoms with Crippen molar-refractivity contribution in [2.24, 2.45) is 13.0 Å². The van der Waals surface area contributed by atoms with Crippen LogP contribution in [-0.4, -0.2) is 45.8 Å². The summed E-state index contributed by atoms with van der Waals surface area (Å²) in [5.41, 5.74) is 0. The predicted octanol–water partition coefficient (Wildman–Crippen LogP) is 0.667. The van der Waals surface area contributed by atoms with E-state index < -0.39 is 0 Å². The molecule has 1 atom stereocenters. The fourth-order valence-corrected chi connectivity index (χ4v) is 2.43. The summed E-state index contributed by atoms with van der Waals surface area (Å²) in [6.45, 7) is 3.74. The second kappa shape index (κ2) is 5.46.